The monoisotopic (exact) mass is 684 g/mol. The van der Waals surface area contributed by atoms with Gasteiger partial charge in [-0.25, -0.2) is 18.0 Å². The number of methoxy groups -OCH3 is 3. The van der Waals surface area contributed by atoms with Crippen molar-refractivity contribution in [2.24, 2.45) is 0 Å². The molecule has 0 radical (unpaired) electrons. The van der Waals surface area contributed by atoms with Crippen LogP contribution in [0.15, 0.2) is 65.6 Å². The van der Waals surface area contributed by atoms with Crippen LogP contribution in [0.1, 0.15) is 40.7 Å². The van der Waals surface area contributed by atoms with Gasteiger partial charge in [0.05, 0.1) is 50.1 Å². The number of ether oxygens (including phenoxy) is 4. The number of sulfonamides is 1. The van der Waals surface area contributed by atoms with E-state index < -0.39 is 40.0 Å². The molecule has 0 saturated carbocycles. The number of carboxylic acids is 2. The summed E-state index contributed by atoms with van der Waals surface area (Å²) >= 11 is 0. The second-order valence-electron chi connectivity index (χ2n) is 11.2. The highest BCUT2D eigenvalue weighted by atomic mass is 32.2. The van der Waals surface area contributed by atoms with Crippen LogP contribution in [0.2, 0.25) is 0 Å². The molecule has 4 rings (SSSR count). The van der Waals surface area contributed by atoms with E-state index in [1.165, 1.54) is 24.3 Å². The van der Waals surface area contributed by atoms with Crippen LogP contribution in [-0.4, -0.2) is 94.0 Å². The molecule has 1 aliphatic heterocycles. The zero-order valence-corrected chi connectivity index (χ0v) is 27.8. The van der Waals surface area contributed by atoms with E-state index in [0.29, 0.717) is 44.2 Å². The molecule has 1 fully saturated rings. The Morgan fingerprint density at radius 2 is 1.56 bits per heavy atom. The molecule has 3 aromatic carbocycles. The lowest BCUT2D eigenvalue weighted by molar-refractivity contribution is -0.142. The van der Waals surface area contributed by atoms with Crippen molar-refractivity contribution in [3.8, 4) is 22.6 Å². The Morgan fingerprint density at radius 1 is 0.917 bits per heavy atom. The van der Waals surface area contributed by atoms with E-state index in [-0.39, 0.29) is 29.8 Å². The number of nitrogens with one attached hydrogen (secondary N) is 1. The third-order valence-electron chi connectivity index (χ3n) is 8.06. The molecule has 14 heteroatoms. The first-order valence-electron chi connectivity index (χ1n) is 15.3. The molecular formula is C34H40N2O11S. The second-order valence-corrected chi connectivity index (χ2v) is 13.0. The molecule has 1 aliphatic rings. The first-order chi connectivity index (χ1) is 23.0. The average Bonchev–Trinajstić information content (AvgIpc) is 3.60. The van der Waals surface area contributed by atoms with Gasteiger partial charge in [0.15, 0.2) is 0 Å². The molecule has 3 aromatic rings. The summed E-state index contributed by atoms with van der Waals surface area (Å²) in [5.74, 6) is -1.94. The molecule has 2 atom stereocenters. The van der Waals surface area contributed by atoms with Gasteiger partial charge in [-0.2, -0.15) is 4.31 Å². The van der Waals surface area contributed by atoms with Gasteiger partial charge in [-0.05, 0) is 78.8 Å². The van der Waals surface area contributed by atoms with Crippen molar-refractivity contribution < 1.29 is 52.0 Å². The van der Waals surface area contributed by atoms with Gasteiger partial charge in [-0.15, -0.1) is 0 Å². The number of hydrogen-bond donors (Lipinski definition) is 3. The van der Waals surface area contributed by atoms with E-state index in [0.717, 1.165) is 26.6 Å². The van der Waals surface area contributed by atoms with Gasteiger partial charge in [0, 0.05) is 13.7 Å². The number of carbonyl (C=O) groups is 3. The van der Waals surface area contributed by atoms with Crippen molar-refractivity contribution in [1.82, 2.24) is 9.62 Å². The molecular weight excluding hydrogens is 644 g/mol. The van der Waals surface area contributed by atoms with Crippen LogP contribution in [0.4, 0.5) is 0 Å². The fourth-order valence-corrected chi connectivity index (χ4v) is 7.19. The van der Waals surface area contributed by atoms with Crippen LogP contribution in [0, 0.1) is 0 Å². The van der Waals surface area contributed by atoms with E-state index >= 15 is 0 Å². The Morgan fingerprint density at radius 3 is 2.12 bits per heavy atom. The van der Waals surface area contributed by atoms with E-state index in [9.17, 15) is 27.9 Å². The minimum Gasteiger partial charge on any atom is -0.496 e. The van der Waals surface area contributed by atoms with Crippen molar-refractivity contribution in [2.75, 3.05) is 41.1 Å². The van der Waals surface area contributed by atoms with E-state index in [2.05, 4.69) is 5.32 Å². The lowest BCUT2D eigenvalue weighted by atomic mass is 9.98. The highest BCUT2D eigenvalue weighted by Crippen LogP contribution is 2.40. The molecule has 0 spiro atoms. The summed E-state index contributed by atoms with van der Waals surface area (Å²) in [6, 6.07) is 13.6. The fraction of sp³-hybridized carbons (Fsp3) is 0.382. The normalized spacial score (nSPS) is 15.5. The Bertz CT molecular complexity index is 1670. The average molecular weight is 685 g/mol. The maximum absolute atomic E-state index is 13.3. The van der Waals surface area contributed by atoms with Crippen LogP contribution in [0.5, 0.6) is 11.5 Å². The molecule has 0 aliphatic carbocycles. The topological polar surface area (TPSA) is 178 Å². The number of aliphatic carboxylic acids is 1. The van der Waals surface area contributed by atoms with Gasteiger partial charge < -0.3 is 34.5 Å². The van der Waals surface area contributed by atoms with Crippen molar-refractivity contribution in [3.05, 3.63) is 77.4 Å². The quantitative estimate of drug-likeness (QED) is 0.177. The maximum atomic E-state index is 13.3. The van der Waals surface area contributed by atoms with E-state index in [1.807, 2.05) is 36.4 Å². The number of aryl methyl sites for hydroxylation is 1. The minimum absolute atomic E-state index is 0.0704. The molecule has 0 bridgehead atoms. The third kappa shape index (κ3) is 8.69. The number of carbonyl (C=O) groups excluding carboxylic acids is 1. The van der Waals surface area contributed by atoms with Crippen LogP contribution in [0.3, 0.4) is 0 Å². The molecule has 258 valence electrons. The predicted molar refractivity (Wildman–Crippen MR) is 175 cm³/mol. The van der Waals surface area contributed by atoms with Gasteiger partial charge in [0.2, 0.25) is 15.9 Å². The number of rotatable bonds is 17. The molecule has 1 saturated heterocycles. The van der Waals surface area contributed by atoms with Crippen molar-refractivity contribution >= 4 is 27.9 Å². The summed E-state index contributed by atoms with van der Waals surface area (Å²) in [5, 5.41) is 21.5. The van der Waals surface area contributed by atoms with Gasteiger partial charge in [0.1, 0.15) is 23.6 Å². The lowest BCUT2D eigenvalue weighted by Crippen LogP contribution is -2.50. The molecule has 1 heterocycles. The van der Waals surface area contributed by atoms with Crippen LogP contribution < -0.4 is 14.8 Å². The zero-order valence-electron chi connectivity index (χ0n) is 27.0. The number of amides is 1. The molecule has 1 amide bonds. The Labute approximate surface area is 279 Å². The summed E-state index contributed by atoms with van der Waals surface area (Å²) in [4.78, 5) is 36.4. The first kappa shape index (κ1) is 36.3. The van der Waals surface area contributed by atoms with Crippen LogP contribution >= 0.6 is 0 Å². The van der Waals surface area contributed by atoms with Crippen molar-refractivity contribution in [2.45, 2.75) is 49.3 Å². The SMILES string of the molecule is COCCOCc1cc(OC)c(-c2ccc(CC[C@H](NC(=O)[C@@H]3CCCN3S(=O)(=O)c3ccc(C(=O)O)cc3)C(=O)O)cc2)c(OC)c1. The molecule has 13 nitrogen and oxygen atoms in total. The smallest absolute Gasteiger partial charge is 0.335 e. The highest BCUT2D eigenvalue weighted by Gasteiger charge is 2.40. The standard InChI is InChI=1S/C34H40N2O11S/c1-44-17-18-47-21-23-19-29(45-2)31(30(20-23)46-3)24-9-6-22(7-10-24)8-15-27(34(40)41)35-32(37)28-5-4-16-36(28)48(42,43)26-13-11-25(12-14-26)33(38)39/h6-7,9-14,19-20,27-28H,4-5,8,15-18,21H2,1-3H3,(H,35,37)(H,38,39)(H,40,41)/t27-,28-/m0/s1. The highest BCUT2D eigenvalue weighted by molar-refractivity contribution is 7.89. The van der Waals surface area contributed by atoms with Crippen molar-refractivity contribution in [1.29, 1.82) is 0 Å². The fourth-order valence-electron chi connectivity index (χ4n) is 5.54. The van der Waals surface area contributed by atoms with E-state index in [4.69, 9.17) is 24.1 Å². The molecule has 0 aromatic heterocycles. The molecule has 48 heavy (non-hydrogen) atoms. The summed E-state index contributed by atoms with van der Waals surface area (Å²) in [6.07, 6.45) is 1.03. The number of nitrogens with zero attached hydrogens (tertiary/aromatic N) is 1. The number of benzene rings is 3. The predicted octanol–water partition coefficient (Wildman–Crippen LogP) is 3.59. The molecule has 3 N–H and O–H groups in total. The van der Waals surface area contributed by atoms with Gasteiger partial charge in [-0.1, -0.05) is 24.3 Å². The summed E-state index contributed by atoms with van der Waals surface area (Å²) in [5.41, 5.74) is 3.20. The van der Waals surface area contributed by atoms with Gasteiger partial charge in [-0.3, -0.25) is 4.79 Å². The van der Waals surface area contributed by atoms with Crippen molar-refractivity contribution in [3.63, 3.8) is 0 Å². The minimum atomic E-state index is -4.13. The Hall–Kier alpha value is -4.50. The summed E-state index contributed by atoms with van der Waals surface area (Å²) in [7, 11) is 0.618. The second kappa shape index (κ2) is 16.6. The lowest BCUT2D eigenvalue weighted by Gasteiger charge is -2.25. The Kier molecular flexibility index (Phi) is 12.5. The van der Waals surface area contributed by atoms with Gasteiger partial charge >= 0.3 is 11.9 Å². The largest absolute Gasteiger partial charge is 0.496 e. The Balaban J connectivity index is 1.42. The molecule has 0 unspecified atom stereocenters. The van der Waals surface area contributed by atoms with Crippen LogP contribution in [0.25, 0.3) is 11.1 Å². The van der Waals surface area contributed by atoms with Gasteiger partial charge in [0.25, 0.3) is 0 Å². The van der Waals surface area contributed by atoms with Crippen LogP contribution in [-0.2, 0) is 42.1 Å². The first-order valence-corrected chi connectivity index (χ1v) is 16.7. The number of carboxylic acid groups (broad SMARTS) is 2. The zero-order chi connectivity index (χ0) is 34.8. The summed E-state index contributed by atoms with van der Waals surface area (Å²) in [6.45, 7) is 1.36. The van der Waals surface area contributed by atoms with E-state index in [1.54, 1.807) is 21.3 Å². The summed E-state index contributed by atoms with van der Waals surface area (Å²) < 4.78 is 49.6. The number of aromatic carboxylic acids is 1. The third-order valence-corrected chi connectivity index (χ3v) is 9.98. The maximum Gasteiger partial charge on any atom is 0.335 e. The number of hydrogen-bond acceptors (Lipinski definition) is 9.